The Balaban J connectivity index is 1.40. The summed E-state index contributed by atoms with van der Waals surface area (Å²) in [4.78, 5) is 26.0. The van der Waals surface area contributed by atoms with E-state index >= 15 is 0 Å². The molecule has 170 valence electrons. The summed E-state index contributed by atoms with van der Waals surface area (Å²) in [5.41, 5.74) is 2.23. The van der Waals surface area contributed by atoms with Crippen LogP contribution in [-0.2, 0) is 11.2 Å². The van der Waals surface area contributed by atoms with E-state index in [2.05, 4.69) is 10.5 Å². The lowest BCUT2D eigenvalue weighted by Gasteiger charge is -2.31. The summed E-state index contributed by atoms with van der Waals surface area (Å²) in [6.45, 7) is 2.37. The van der Waals surface area contributed by atoms with Crippen LogP contribution in [0.25, 0.3) is 21.8 Å². The lowest BCUT2D eigenvalue weighted by Crippen LogP contribution is -2.35. The second-order valence-corrected chi connectivity index (χ2v) is 9.33. The topological polar surface area (TPSA) is 77.1 Å². The summed E-state index contributed by atoms with van der Waals surface area (Å²) in [5, 5.41) is 9.03. The molecule has 6 nitrogen and oxygen atoms in total. The Morgan fingerprint density at radius 1 is 1.15 bits per heavy atom. The van der Waals surface area contributed by atoms with Gasteiger partial charge in [-0.2, -0.15) is 0 Å². The van der Waals surface area contributed by atoms with Crippen LogP contribution in [0.4, 0.5) is 0 Å². The average molecular weight is 464 g/mol. The van der Waals surface area contributed by atoms with Crippen molar-refractivity contribution in [2.45, 2.75) is 45.1 Å². The molecular weight excluding hydrogens is 438 g/mol. The van der Waals surface area contributed by atoms with Crippen LogP contribution < -0.4 is 10.9 Å². The molecule has 2 atom stereocenters. The molecule has 1 saturated carbocycles. The molecule has 1 amide bonds. The van der Waals surface area contributed by atoms with Gasteiger partial charge in [-0.1, -0.05) is 59.6 Å². The molecule has 33 heavy (non-hydrogen) atoms. The number of aromatic nitrogens is 2. The Kier molecular flexibility index (Phi) is 5.94. The predicted octanol–water partition coefficient (Wildman–Crippen LogP) is 5.19. The molecule has 2 aromatic heterocycles. The number of hydrogen-bond acceptors (Lipinski definition) is 4. The average Bonchev–Trinajstić information content (AvgIpc) is 3.20. The van der Waals surface area contributed by atoms with Gasteiger partial charge in [0.25, 0.3) is 5.56 Å². The molecule has 0 aliphatic heterocycles. The van der Waals surface area contributed by atoms with Crippen molar-refractivity contribution in [3.8, 4) is 0 Å². The number of carbonyl (C=O) groups is 1. The lowest BCUT2D eigenvalue weighted by molar-refractivity contribution is -0.120. The maximum absolute atomic E-state index is 13.6. The van der Waals surface area contributed by atoms with Crippen molar-refractivity contribution in [1.82, 2.24) is 15.0 Å². The third-order valence-electron chi connectivity index (χ3n) is 6.70. The van der Waals surface area contributed by atoms with E-state index in [9.17, 15) is 9.59 Å². The van der Waals surface area contributed by atoms with Crippen LogP contribution in [0.3, 0.4) is 0 Å². The van der Waals surface area contributed by atoms with E-state index in [0.717, 1.165) is 42.1 Å². The number of halogens is 1. The summed E-state index contributed by atoms with van der Waals surface area (Å²) in [7, 11) is 0. The molecule has 7 heteroatoms. The largest absolute Gasteiger partial charge is 0.360 e. The molecule has 2 unspecified atom stereocenters. The van der Waals surface area contributed by atoms with Crippen LogP contribution in [-0.4, -0.2) is 22.2 Å². The van der Waals surface area contributed by atoms with Crippen molar-refractivity contribution in [3.05, 3.63) is 75.2 Å². The van der Waals surface area contributed by atoms with Gasteiger partial charge in [0.1, 0.15) is 16.7 Å². The molecular formula is C26H26ClN3O3. The van der Waals surface area contributed by atoms with E-state index < -0.39 is 0 Å². The zero-order valence-electron chi connectivity index (χ0n) is 18.5. The van der Waals surface area contributed by atoms with Crippen LogP contribution in [0.2, 0.25) is 5.02 Å². The number of carbonyl (C=O) groups excluding carboxylic acids is 1. The highest BCUT2D eigenvalue weighted by molar-refractivity contribution is 6.37. The van der Waals surface area contributed by atoms with Gasteiger partial charge in [0.05, 0.1) is 17.0 Å². The number of aryl methyl sites for hydroxylation is 1. The SMILES string of the molecule is Cc1onc2c1c(=O)n(C1CCCC(CNC(=O)Cc3ccccc3)C1)c1cccc(Cl)c21. The quantitative estimate of drug-likeness (QED) is 0.441. The van der Waals surface area contributed by atoms with E-state index in [1.54, 1.807) is 6.92 Å². The zero-order chi connectivity index (χ0) is 22.9. The first-order valence-corrected chi connectivity index (χ1v) is 11.8. The van der Waals surface area contributed by atoms with Crippen molar-refractivity contribution in [1.29, 1.82) is 0 Å². The number of nitrogens with zero attached hydrogens (tertiary/aromatic N) is 2. The Labute approximate surface area is 196 Å². The molecule has 4 aromatic rings. The van der Waals surface area contributed by atoms with E-state index in [-0.39, 0.29) is 17.5 Å². The van der Waals surface area contributed by atoms with Crippen molar-refractivity contribution in [3.63, 3.8) is 0 Å². The summed E-state index contributed by atoms with van der Waals surface area (Å²) in [5.74, 6) is 0.842. The minimum atomic E-state index is -0.0859. The molecule has 1 aliphatic carbocycles. The van der Waals surface area contributed by atoms with Crippen LogP contribution in [0.5, 0.6) is 0 Å². The minimum Gasteiger partial charge on any atom is -0.360 e. The van der Waals surface area contributed by atoms with Gasteiger partial charge in [-0.25, -0.2) is 0 Å². The van der Waals surface area contributed by atoms with Crippen LogP contribution in [0.1, 0.15) is 43.0 Å². The molecule has 0 radical (unpaired) electrons. The zero-order valence-corrected chi connectivity index (χ0v) is 19.3. The second kappa shape index (κ2) is 9.02. The minimum absolute atomic E-state index is 0.0271. The van der Waals surface area contributed by atoms with Gasteiger partial charge in [0, 0.05) is 18.0 Å². The van der Waals surface area contributed by atoms with Crippen molar-refractivity contribution < 1.29 is 9.32 Å². The third kappa shape index (κ3) is 4.15. The first-order valence-electron chi connectivity index (χ1n) is 11.4. The summed E-state index contributed by atoms with van der Waals surface area (Å²) in [6, 6.07) is 15.4. The number of nitrogens with one attached hydrogen (secondary N) is 1. The number of benzene rings is 2. The fourth-order valence-corrected chi connectivity index (χ4v) is 5.38. The van der Waals surface area contributed by atoms with Gasteiger partial charge in [-0.3, -0.25) is 9.59 Å². The normalized spacial score (nSPS) is 18.6. The molecule has 0 spiro atoms. The highest BCUT2D eigenvalue weighted by Crippen LogP contribution is 2.36. The van der Waals surface area contributed by atoms with Gasteiger partial charge < -0.3 is 14.4 Å². The van der Waals surface area contributed by atoms with Crippen LogP contribution in [0.15, 0.2) is 57.8 Å². The van der Waals surface area contributed by atoms with Crippen LogP contribution >= 0.6 is 11.6 Å². The molecule has 5 rings (SSSR count). The Morgan fingerprint density at radius 2 is 1.97 bits per heavy atom. The maximum atomic E-state index is 13.6. The molecule has 2 aromatic carbocycles. The van der Waals surface area contributed by atoms with Gasteiger partial charge in [0.2, 0.25) is 5.91 Å². The lowest BCUT2D eigenvalue weighted by atomic mass is 9.85. The summed E-state index contributed by atoms with van der Waals surface area (Å²) < 4.78 is 7.25. The van der Waals surface area contributed by atoms with Gasteiger partial charge >= 0.3 is 0 Å². The first kappa shape index (κ1) is 21.7. The molecule has 1 N–H and O–H groups in total. The third-order valence-corrected chi connectivity index (χ3v) is 7.01. The number of pyridine rings is 1. The predicted molar refractivity (Wildman–Crippen MR) is 130 cm³/mol. The highest BCUT2D eigenvalue weighted by Gasteiger charge is 2.28. The summed E-state index contributed by atoms with van der Waals surface area (Å²) >= 11 is 6.54. The second-order valence-electron chi connectivity index (χ2n) is 8.92. The number of fused-ring (bicyclic) bond motifs is 3. The maximum Gasteiger partial charge on any atom is 0.264 e. The highest BCUT2D eigenvalue weighted by atomic mass is 35.5. The van der Waals surface area contributed by atoms with Crippen molar-refractivity contribution in [2.24, 2.45) is 5.92 Å². The van der Waals surface area contributed by atoms with Crippen molar-refractivity contribution >= 4 is 39.3 Å². The number of amides is 1. The number of hydrogen-bond donors (Lipinski definition) is 1. The monoisotopic (exact) mass is 463 g/mol. The number of rotatable bonds is 5. The van der Waals surface area contributed by atoms with E-state index in [4.69, 9.17) is 16.1 Å². The van der Waals surface area contributed by atoms with Gasteiger partial charge in [-0.15, -0.1) is 0 Å². The molecule has 1 aliphatic rings. The van der Waals surface area contributed by atoms with Gasteiger partial charge in [0.15, 0.2) is 0 Å². The Bertz CT molecular complexity index is 1380. The van der Waals surface area contributed by atoms with E-state index in [1.165, 1.54) is 0 Å². The molecule has 0 bridgehead atoms. The van der Waals surface area contributed by atoms with Crippen molar-refractivity contribution in [2.75, 3.05) is 6.54 Å². The first-order chi connectivity index (χ1) is 16.0. The molecule has 1 fully saturated rings. The van der Waals surface area contributed by atoms with E-state index in [0.29, 0.717) is 40.6 Å². The molecule has 2 heterocycles. The fraction of sp³-hybridized carbons (Fsp3) is 0.346. The Morgan fingerprint density at radius 3 is 2.79 bits per heavy atom. The standard InChI is InChI=1S/C26H26ClN3O3/c1-16-23-25(29-33-16)24-20(27)11-6-12-21(24)30(26(23)32)19-10-5-9-18(13-19)15-28-22(31)14-17-7-3-2-4-8-17/h2-4,6-8,11-12,18-19H,5,9-10,13-15H2,1H3,(H,28,31). The van der Waals surface area contributed by atoms with E-state index in [1.807, 2.05) is 53.1 Å². The smallest absolute Gasteiger partial charge is 0.264 e. The Hall–Kier alpha value is -3.12. The fourth-order valence-electron chi connectivity index (χ4n) is 5.12. The molecule has 0 saturated heterocycles. The summed E-state index contributed by atoms with van der Waals surface area (Å²) in [6.07, 6.45) is 4.14. The van der Waals surface area contributed by atoms with Crippen LogP contribution in [0, 0.1) is 12.8 Å². The van der Waals surface area contributed by atoms with Gasteiger partial charge in [-0.05, 0) is 49.8 Å².